The second kappa shape index (κ2) is 6.52. The van der Waals surface area contributed by atoms with Gasteiger partial charge in [-0.15, -0.1) is 11.3 Å². The van der Waals surface area contributed by atoms with Gasteiger partial charge in [0, 0.05) is 27.2 Å². The van der Waals surface area contributed by atoms with Crippen molar-refractivity contribution >= 4 is 17.2 Å². The number of thiophene rings is 1. The molecular weight excluding hydrogens is 342 g/mol. The minimum Gasteiger partial charge on any atom is -0.335 e. The summed E-state index contributed by atoms with van der Waals surface area (Å²) in [7, 11) is 4.45. The summed E-state index contributed by atoms with van der Waals surface area (Å²) in [4.78, 5) is 38.8. The molecule has 0 fully saturated rings. The molecule has 3 rings (SSSR count). The molecule has 0 aliphatic carbocycles. The number of nitrogens with one attached hydrogen (secondary N) is 1. The van der Waals surface area contributed by atoms with E-state index in [1.54, 1.807) is 18.4 Å². The van der Waals surface area contributed by atoms with Crippen molar-refractivity contribution in [3.8, 4) is 10.6 Å². The first kappa shape index (κ1) is 16.9. The minimum absolute atomic E-state index is 0.0496. The van der Waals surface area contributed by atoms with E-state index in [0.29, 0.717) is 0 Å². The Labute approximate surface area is 147 Å². The average molecular weight is 359 g/mol. The van der Waals surface area contributed by atoms with Crippen LogP contribution in [0.1, 0.15) is 16.2 Å². The molecule has 0 atom stereocenters. The summed E-state index contributed by atoms with van der Waals surface area (Å²) in [6.45, 7) is 0.278. The van der Waals surface area contributed by atoms with Crippen LogP contribution in [0.25, 0.3) is 10.6 Å². The van der Waals surface area contributed by atoms with Gasteiger partial charge in [-0.05, 0) is 17.5 Å². The van der Waals surface area contributed by atoms with Crippen LogP contribution in [0.2, 0.25) is 0 Å². The first-order valence-corrected chi connectivity index (χ1v) is 8.37. The summed E-state index contributed by atoms with van der Waals surface area (Å²) < 4.78 is 2.13. The highest BCUT2D eigenvalue weighted by Crippen LogP contribution is 2.23. The molecule has 0 saturated carbocycles. The number of H-pyrrole nitrogens is 1. The second-order valence-electron chi connectivity index (χ2n) is 5.69. The predicted molar refractivity (Wildman–Crippen MR) is 94.6 cm³/mol. The summed E-state index contributed by atoms with van der Waals surface area (Å²) in [5.41, 5.74) is 0.570. The number of rotatable bonds is 4. The first-order valence-electron chi connectivity index (χ1n) is 7.49. The van der Waals surface area contributed by atoms with Gasteiger partial charge >= 0.3 is 5.69 Å². The fourth-order valence-electron chi connectivity index (χ4n) is 2.45. The Hall–Kier alpha value is -2.94. The molecule has 0 aliphatic rings. The molecule has 0 aliphatic heterocycles. The fraction of sp³-hybridized carbons (Fsp3) is 0.250. The lowest BCUT2D eigenvalue weighted by atomic mass is 10.3. The van der Waals surface area contributed by atoms with Crippen LogP contribution >= 0.6 is 11.3 Å². The van der Waals surface area contributed by atoms with Crippen LogP contribution in [0.5, 0.6) is 0 Å². The number of carbonyl (C=O) groups excluding carboxylic acids is 1. The number of carbonyl (C=O) groups is 1. The summed E-state index contributed by atoms with van der Waals surface area (Å²) in [5.74, 6) is -0.412. The number of hydrogen-bond donors (Lipinski definition) is 1. The number of aromatic amines is 1. The third-order valence-electron chi connectivity index (χ3n) is 3.90. The van der Waals surface area contributed by atoms with Crippen LogP contribution in [0.3, 0.4) is 0 Å². The maximum absolute atomic E-state index is 12.6. The molecule has 3 aromatic rings. The molecule has 0 aromatic carbocycles. The first-order chi connectivity index (χ1) is 11.9. The largest absolute Gasteiger partial charge is 0.335 e. The van der Waals surface area contributed by atoms with E-state index < -0.39 is 17.2 Å². The van der Waals surface area contributed by atoms with Gasteiger partial charge in [-0.2, -0.15) is 5.10 Å². The van der Waals surface area contributed by atoms with Crippen LogP contribution < -0.4 is 11.2 Å². The smallest absolute Gasteiger partial charge is 0.331 e. The number of aromatic nitrogens is 4. The van der Waals surface area contributed by atoms with E-state index >= 15 is 0 Å². The lowest BCUT2D eigenvalue weighted by molar-refractivity contribution is 0.0771. The summed E-state index contributed by atoms with van der Waals surface area (Å²) >= 11 is 1.58. The SMILES string of the molecule is CN(Cc1cc(-c2cccs2)n[nH]1)C(=O)c1cc(=O)n(C)c(=O)n1C. The van der Waals surface area contributed by atoms with Gasteiger partial charge in [0.2, 0.25) is 0 Å². The Balaban J connectivity index is 1.82. The molecule has 1 amide bonds. The Morgan fingerprint density at radius 1 is 1.28 bits per heavy atom. The molecule has 3 aromatic heterocycles. The van der Waals surface area contributed by atoms with E-state index in [4.69, 9.17) is 0 Å². The van der Waals surface area contributed by atoms with Crippen LogP contribution in [-0.2, 0) is 20.6 Å². The zero-order valence-corrected chi connectivity index (χ0v) is 14.8. The Kier molecular flexibility index (Phi) is 4.41. The van der Waals surface area contributed by atoms with Gasteiger partial charge in [0.15, 0.2) is 0 Å². The van der Waals surface area contributed by atoms with Gasteiger partial charge < -0.3 is 4.90 Å². The van der Waals surface area contributed by atoms with Gasteiger partial charge in [-0.3, -0.25) is 23.8 Å². The molecule has 0 spiro atoms. The van der Waals surface area contributed by atoms with Crippen molar-refractivity contribution in [2.24, 2.45) is 14.1 Å². The lowest BCUT2D eigenvalue weighted by Gasteiger charge is -2.18. The van der Waals surface area contributed by atoms with E-state index in [2.05, 4.69) is 10.2 Å². The van der Waals surface area contributed by atoms with Crippen molar-refractivity contribution in [3.05, 3.63) is 61.9 Å². The highest BCUT2D eigenvalue weighted by molar-refractivity contribution is 7.13. The average Bonchev–Trinajstić information content (AvgIpc) is 3.26. The van der Waals surface area contributed by atoms with Gasteiger partial charge in [-0.25, -0.2) is 4.79 Å². The van der Waals surface area contributed by atoms with Crippen LogP contribution in [-0.4, -0.2) is 37.2 Å². The van der Waals surface area contributed by atoms with Gasteiger partial charge in [0.05, 0.1) is 17.1 Å². The fourth-order valence-corrected chi connectivity index (χ4v) is 3.14. The van der Waals surface area contributed by atoms with Crippen molar-refractivity contribution in [2.75, 3.05) is 7.05 Å². The summed E-state index contributed by atoms with van der Waals surface area (Å²) in [6, 6.07) is 6.96. The monoisotopic (exact) mass is 359 g/mol. The Morgan fingerprint density at radius 3 is 2.72 bits per heavy atom. The van der Waals surface area contributed by atoms with Crippen molar-refractivity contribution < 1.29 is 4.79 Å². The molecule has 130 valence electrons. The number of nitrogens with zero attached hydrogens (tertiary/aromatic N) is 4. The molecule has 9 heteroatoms. The molecule has 1 N–H and O–H groups in total. The summed E-state index contributed by atoms with van der Waals surface area (Å²) in [6.07, 6.45) is 0. The topological polar surface area (TPSA) is 93.0 Å². The third-order valence-corrected chi connectivity index (χ3v) is 4.80. The van der Waals surface area contributed by atoms with Crippen molar-refractivity contribution in [3.63, 3.8) is 0 Å². The number of amides is 1. The van der Waals surface area contributed by atoms with Crippen LogP contribution in [0, 0.1) is 0 Å². The standard InChI is InChI=1S/C16H17N5O3S/c1-19(9-10-7-11(18-17-10)13-5-4-6-25-13)15(23)12-8-14(22)21(3)16(24)20(12)2/h4-8H,9H2,1-3H3,(H,17,18). The maximum Gasteiger partial charge on any atom is 0.331 e. The molecule has 0 saturated heterocycles. The second-order valence-corrected chi connectivity index (χ2v) is 6.63. The quantitative estimate of drug-likeness (QED) is 0.746. The minimum atomic E-state index is -0.536. The van der Waals surface area contributed by atoms with Gasteiger partial charge in [-0.1, -0.05) is 6.07 Å². The molecule has 0 unspecified atom stereocenters. The highest BCUT2D eigenvalue weighted by Gasteiger charge is 2.18. The zero-order valence-electron chi connectivity index (χ0n) is 14.0. The Bertz CT molecular complexity index is 1030. The third kappa shape index (κ3) is 3.18. The number of hydrogen-bond acceptors (Lipinski definition) is 5. The maximum atomic E-state index is 12.6. The molecule has 0 bridgehead atoms. The highest BCUT2D eigenvalue weighted by atomic mass is 32.1. The van der Waals surface area contributed by atoms with Crippen molar-refractivity contribution in [1.29, 1.82) is 0 Å². The van der Waals surface area contributed by atoms with E-state index in [1.165, 1.54) is 29.6 Å². The molecular formula is C16H17N5O3S. The van der Waals surface area contributed by atoms with Gasteiger partial charge in [0.1, 0.15) is 11.4 Å². The Morgan fingerprint density at radius 2 is 2.04 bits per heavy atom. The normalized spacial score (nSPS) is 10.8. The van der Waals surface area contributed by atoms with Crippen molar-refractivity contribution in [2.45, 2.75) is 6.54 Å². The molecule has 0 radical (unpaired) electrons. The van der Waals surface area contributed by atoms with E-state index in [0.717, 1.165) is 20.8 Å². The van der Waals surface area contributed by atoms with Gasteiger partial charge in [0.25, 0.3) is 11.5 Å². The van der Waals surface area contributed by atoms with Crippen molar-refractivity contribution in [1.82, 2.24) is 24.2 Å². The zero-order chi connectivity index (χ0) is 18.1. The van der Waals surface area contributed by atoms with E-state index in [-0.39, 0.29) is 12.2 Å². The summed E-state index contributed by atoms with van der Waals surface area (Å²) in [5, 5.41) is 9.11. The van der Waals surface area contributed by atoms with E-state index in [1.807, 2.05) is 23.6 Å². The lowest BCUT2D eigenvalue weighted by Crippen LogP contribution is -2.41. The molecule has 25 heavy (non-hydrogen) atoms. The van der Waals surface area contributed by atoms with E-state index in [9.17, 15) is 14.4 Å². The predicted octanol–water partition coefficient (Wildman–Crippen LogP) is 0.808. The van der Waals surface area contributed by atoms with Crippen LogP contribution in [0.15, 0.2) is 39.2 Å². The molecule has 8 nitrogen and oxygen atoms in total. The molecule has 3 heterocycles. The van der Waals surface area contributed by atoms with Crippen LogP contribution in [0.4, 0.5) is 0 Å².